The number of hydrogen-bond donors (Lipinski definition) is 2. The molecule has 4 heterocycles. The van der Waals surface area contributed by atoms with E-state index < -0.39 is 18.1 Å². The minimum Gasteiger partial charge on any atom is -0.378 e. The molecule has 0 aromatic carbocycles. The number of rotatable bonds is 3. The second-order valence-electron chi connectivity index (χ2n) is 5.94. The fraction of sp³-hybridized carbons (Fsp3) is 0.400. The zero-order valence-electron chi connectivity index (χ0n) is 14.4. The molecule has 0 spiro atoms. The van der Waals surface area contributed by atoms with E-state index in [9.17, 15) is 18.3 Å². The summed E-state index contributed by atoms with van der Waals surface area (Å²) in [7, 11) is 0. The van der Waals surface area contributed by atoms with Crippen LogP contribution in [0.5, 0.6) is 0 Å². The molecule has 2 aliphatic heterocycles. The van der Waals surface area contributed by atoms with E-state index in [1.807, 2.05) is 4.90 Å². The minimum absolute atomic E-state index is 0. The summed E-state index contributed by atoms with van der Waals surface area (Å²) >= 11 is 0. The highest BCUT2D eigenvalue weighted by molar-refractivity contribution is 5.85. The van der Waals surface area contributed by atoms with E-state index in [-0.39, 0.29) is 18.1 Å². The lowest BCUT2D eigenvalue weighted by atomic mass is 10.3. The van der Waals surface area contributed by atoms with E-state index in [0.29, 0.717) is 37.9 Å². The first-order valence-corrected chi connectivity index (χ1v) is 8.13. The number of imidazole rings is 1. The van der Waals surface area contributed by atoms with E-state index in [4.69, 9.17) is 4.74 Å². The van der Waals surface area contributed by atoms with Gasteiger partial charge in [-0.3, -0.25) is 5.43 Å². The zero-order valence-corrected chi connectivity index (χ0v) is 15.2. The van der Waals surface area contributed by atoms with Crippen LogP contribution in [0, 0.1) is 0 Å². The van der Waals surface area contributed by atoms with Crippen molar-refractivity contribution >= 4 is 29.7 Å². The summed E-state index contributed by atoms with van der Waals surface area (Å²) in [6.45, 7) is 2.56. The number of aliphatic hydroxyl groups is 1. The maximum atomic E-state index is 12.7. The standard InChI is InChI=1S/C15H16F3N7O2.ClH/c16-15(17,18)11-7-24(9-21-11)10-6-22-25(14(10)26)13-5-12(19-8-20-13)23-1-3-27-4-2-23;/h5-9,14,22,26H,1-4H2;1H. The van der Waals surface area contributed by atoms with E-state index in [2.05, 4.69) is 20.4 Å². The van der Waals surface area contributed by atoms with Gasteiger partial charge in [0.05, 0.1) is 25.2 Å². The smallest absolute Gasteiger partial charge is 0.378 e. The lowest BCUT2D eigenvalue weighted by Crippen LogP contribution is -2.40. The number of nitrogens with zero attached hydrogens (tertiary/aromatic N) is 6. The number of halogens is 4. The summed E-state index contributed by atoms with van der Waals surface area (Å²) in [5.41, 5.74) is 1.96. The Hall–Kier alpha value is -2.57. The summed E-state index contributed by atoms with van der Waals surface area (Å²) in [5, 5.41) is 11.9. The van der Waals surface area contributed by atoms with E-state index in [1.54, 1.807) is 6.07 Å². The maximum Gasteiger partial charge on any atom is 0.434 e. The molecule has 9 nitrogen and oxygen atoms in total. The van der Waals surface area contributed by atoms with Gasteiger partial charge in [0.1, 0.15) is 12.1 Å². The van der Waals surface area contributed by atoms with E-state index >= 15 is 0 Å². The number of anilines is 2. The number of aromatic nitrogens is 4. The predicted molar refractivity (Wildman–Crippen MR) is 95.4 cm³/mol. The molecule has 1 unspecified atom stereocenters. The Morgan fingerprint density at radius 2 is 1.86 bits per heavy atom. The summed E-state index contributed by atoms with van der Waals surface area (Å²) in [5.74, 6) is 1.05. The summed E-state index contributed by atoms with van der Waals surface area (Å²) in [6.07, 6.45) is -1.23. The van der Waals surface area contributed by atoms with Crippen molar-refractivity contribution < 1.29 is 23.0 Å². The first-order chi connectivity index (χ1) is 12.9. The third kappa shape index (κ3) is 3.84. The van der Waals surface area contributed by atoms with Gasteiger partial charge in [-0.05, 0) is 0 Å². The predicted octanol–water partition coefficient (Wildman–Crippen LogP) is 1.09. The van der Waals surface area contributed by atoms with Crippen molar-refractivity contribution in [2.45, 2.75) is 12.4 Å². The van der Waals surface area contributed by atoms with Gasteiger partial charge < -0.3 is 19.3 Å². The van der Waals surface area contributed by atoms with Crippen molar-refractivity contribution in [1.82, 2.24) is 24.9 Å². The topological polar surface area (TPSA) is 91.6 Å². The van der Waals surface area contributed by atoms with Crippen molar-refractivity contribution in [1.29, 1.82) is 0 Å². The van der Waals surface area contributed by atoms with Gasteiger partial charge in [0.2, 0.25) is 0 Å². The molecule has 28 heavy (non-hydrogen) atoms. The number of hydrazine groups is 1. The molecule has 2 aliphatic rings. The first-order valence-electron chi connectivity index (χ1n) is 8.13. The van der Waals surface area contributed by atoms with Gasteiger partial charge >= 0.3 is 6.18 Å². The molecule has 2 aromatic heterocycles. The number of nitrogens with one attached hydrogen (secondary N) is 1. The van der Waals surface area contributed by atoms with Crippen LogP contribution >= 0.6 is 12.4 Å². The molecule has 13 heteroatoms. The van der Waals surface area contributed by atoms with E-state index in [0.717, 1.165) is 17.1 Å². The highest BCUT2D eigenvalue weighted by Gasteiger charge is 2.35. The highest BCUT2D eigenvalue weighted by Crippen LogP contribution is 2.30. The molecule has 1 atom stereocenters. The second-order valence-corrected chi connectivity index (χ2v) is 5.94. The van der Waals surface area contributed by atoms with Gasteiger partial charge in [-0.25, -0.2) is 20.0 Å². The van der Waals surface area contributed by atoms with Crippen LogP contribution in [0.4, 0.5) is 24.8 Å². The molecular weight excluding hydrogens is 403 g/mol. The second kappa shape index (κ2) is 7.81. The van der Waals surface area contributed by atoms with Gasteiger partial charge in [-0.1, -0.05) is 0 Å². The Bertz CT molecular complexity index is 854. The molecule has 1 fully saturated rings. The molecule has 152 valence electrons. The van der Waals surface area contributed by atoms with Crippen LogP contribution in [0.1, 0.15) is 5.69 Å². The Kier molecular flexibility index (Phi) is 5.63. The summed E-state index contributed by atoms with van der Waals surface area (Å²) in [6, 6.07) is 1.69. The average molecular weight is 420 g/mol. The van der Waals surface area contributed by atoms with Gasteiger partial charge in [-0.15, -0.1) is 12.4 Å². The third-order valence-electron chi connectivity index (χ3n) is 4.25. The van der Waals surface area contributed by atoms with Crippen molar-refractivity contribution in [3.05, 3.63) is 36.8 Å². The molecular formula is C15H17ClF3N7O2. The van der Waals surface area contributed by atoms with Crippen LogP contribution in [0.3, 0.4) is 0 Å². The Labute approximate surface area is 163 Å². The highest BCUT2D eigenvalue weighted by atomic mass is 35.5. The molecule has 0 aliphatic carbocycles. The molecule has 2 N–H and O–H groups in total. The number of morpholine rings is 1. The quantitative estimate of drug-likeness (QED) is 0.764. The fourth-order valence-electron chi connectivity index (χ4n) is 2.86. The molecule has 0 amide bonds. The van der Waals surface area contributed by atoms with Gasteiger partial charge in [0, 0.05) is 31.6 Å². The third-order valence-corrected chi connectivity index (χ3v) is 4.25. The minimum atomic E-state index is -4.55. The van der Waals surface area contributed by atoms with Crippen LogP contribution < -0.4 is 15.3 Å². The van der Waals surface area contributed by atoms with Crippen LogP contribution in [-0.4, -0.2) is 57.2 Å². The molecule has 0 bridgehead atoms. The van der Waals surface area contributed by atoms with Crippen LogP contribution in [0.2, 0.25) is 0 Å². The Morgan fingerprint density at radius 1 is 1.14 bits per heavy atom. The molecule has 1 saturated heterocycles. The number of aliphatic hydroxyl groups excluding tert-OH is 1. The molecule has 4 rings (SSSR count). The fourth-order valence-corrected chi connectivity index (χ4v) is 2.86. The van der Waals surface area contributed by atoms with Crippen molar-refractivity contribution in [2.24, 2.45) is 0 Å². The monoisotopic (exact) mass is 419 g/mol. The zero-order chi connectivity index (χ0) is 19.0. The number of hydrogen-bond acceptors (Lipinski definition) is 8. The molecule has 0 radical (unpaired) electrons. The lowest BCUT2D eigenvalue weighted by molar-refractivity contribution is -0.140. The van der Waals surface area contributed by atoms with Gasteiger partial charge in [-0.2, -0.15) is 13.2 Å². The van der Waals surface area contributed by atoms with Crippen molar-refractivity contribution in [3.8, 4) is 0 Å². The first kappa shape index (κ1) is 20.2. The largest absolute Gasteiger partial charge is 0.434 e. The normalized spacial score (nSPS) is 19.9. The Balaban J connectivity index is 0.00000225. The summed E-state index contributed by atoms with van der Waals surface area (Å²) < 4.78 is 44.6. The SMILES string of the molecule is Cl.OC1C(n2cnc(C(F)(F)F)c2)=CNN1c1cc(N2CCOCC2)ncn1. The van der Waals surface area contributed by atoms with E-state index in [1.165, 1.54) is 17.5 Å². The number of alkyl halides is 3. The average Bonchev–Trinajstić information content (AvgIpc) is 3.29. The summed E-state index contributed by atoms with van der Waals surface area (Å²) in [4.78, 5) is 13.7. The van der Waals surface area contributed by atoms with Crippen molar-refractivity contribution in [3.63, 3.8) is 0 Å². The molecule has 2 aromatic rings. The Morgan fingerprint density at radius 3 is 2.54 bits per heavy atom. The van der Waals surface area contributed by atoms with Gasteiger partial charge in [0.25, 0.3) is 0 Å². The lowest BCUT2D eigenvalue weighted by Gasteiger charge is -2.29. The van der Waals surface area contributed by atoms with Crippen LogP contribution in [0.15, 0.2) is 31.1 Å². The van der Waals surface area contributed by atoms with Crippen LogP contribution in [-0.2, 0) is 10.9 Å². The van der Waals surface area contributed by atoms with Crippen molar-refractivity contribution in [2.75, 3.05) is 36.2 Å². The molecule has 0 saturated carbocycles. The maximum absolute atomic E-state index is 12.7. The van der Waals surface area contributed by atoms with Gasteiger partial charge in [0.15, 0.2) is 17.7 Å². The van der Waals surface area contributed by atoms with Crippen LogP contribution in [0.25, 0.3) is 5.70 Å². The number of ether oxygens (including phenoxy) is 1.